The summed E-state index contributed by atoms with van der Waals surface area (Å²) < 4.78 is 7.08. The summed E-state index contributed by atoms with van der Waals surface area (Å²) in [5, 5.41) is 7.00. The van der Waals surface area contributed by atoms with Gasteiger partial charge in [0.1, 0.15) is 5.75 Å². The van der Waals surface area contributed by atoms with Gasteiger partial charge in [-0.1, -0.05) is 18.2 Å². The van der Waals surface area contributed by atoms with Crippen LogP contribution in [0.3, 0.4) is 0 Å². The van der Waals surface area contributed by atoms with Crippen molar-refractivity contribution >= 4 is 6.03 Å². The SMILES string of the molecule is COc1ccccc1CC(C)N(C)C(=O)NCc1cnn(C)c1. The third kappa shape index (κ3) is 4.48. The largest absolute Gasteiger partial charge is 0.496 e. The summed E-state index contributed by atoms with van der Waals surface area (Å²) in [7, 11) is 5.32. The second-order valence-electron chi connectivity index (χ2n) is 5.66. The van der Waals surface area contributed by atoms with Crippen molar-refractivity contribution in [3.63, 3.8) is 0 Å². The first-order chi connectivity index (χ1) is 11.0. The van der Waals surface area contributed by atoms with Gasteiger partial charge in [0.25, 0.3) is 0 Å². The van der Waals surface area contributed by atoms with Crippen molar-refractivity contribution < 1.29 is 9.53 Å². The smallest absolute Gasteiger partial charge is 0.317 e. The van der Waals surface area contributed by atoms with Crippen LogP contribution in [0.4, 0.5) is 4.79 Å². The van der Waals surface area contributed by atoms with Crippen LogP contribution in [0.1, 0.15) is 18.1 Å². The number of rotatable bonds is 6. The minimum absolute atomic E-state index is 0.0557. The quantitative estimate of drug-likeness (QED) is 0.889. The predicted molar refractivity (Wildman–Crippen MR) is 89.4 cm³/mol. The number of likely N-dealkylation sites (N-methyl/N-ethyl adjacent to an activating group) is 1. The van der Waals surface area contributed by atoms with Gasteiger partial charge in [0.15, 0.2) is 0 Å². The van der Waals surface area contributed by atoms with Gasteiger partial charge < -0.3 is 15.0 Å². The first-order valence-corrected chi connectivity index (χ1v) is 7.61. The van der Waals surface area contributed by atoms with Crippen LogP contribution in [0.2, 0.25) is 0 Å². The maximum atomic E-state index is 12.3. The van der Waals surface area contributed by atoms with Gasteiger partial charge in [0.2, 0.25) is 0 Å². The molecule has 124 valence electrons. The van der Waals surface area contributed by atoms with Gasteiger partial charge >= 0.3 is 6.03 Å². The third-order valence-corrected chi connectivity index (χ3v) is 3.89. The van der Waals surface area contributed by atoms with Crippen molar-refractivity contribution in [1.29, 1.82) is 0 Å². The van der Waals surface area contributed by atoms with E-state index in [1.54, 1.807) is 29.9 Å². The van der Waals surface area contributed by atoms with Gasteiger partial charge in [0, 0.05) is 38.4 Å². The van der Waals surface area contributed by atoms with Crippen LogP contribution in [-0.2, 0) is 20.0 Å². The highest BCUT2D eigenvalue weighted by atomic mass is 16.5. The lowest BCUT2D eigenvalue weighted by Crippen LogP contribution is -2.43. The minimum Gasteiger partial charge on any atom is -0.496 e. The molecule has 0 aliphatic rings. The number of para-hydroxylation sites is 1. The number of amides is 2. The summed E-state index contributed by atoms with van der Waals surface area (Å²) in [6, 6.07) is 7.84. The van der Waals surface area contributed by atoms with E-state index in [0.717, 1.165) is 23.3 Å². The lowest BCUT2D eigenvalue weighted by molar-refractivity contribution is 0.193. The molecule has 1 aromatic carbocycles. The van der Waals surface area contributed by atoms with Crippen molar-refractivity contribution in [2.45, 2.75) is 25.9 Å². The molecule has 0 spiro atoms. The van der Waals surface area contributed by atoms with E-state index in [0.29, 0.717) is 6.54 Å². The molecule has 1 N–H and O–H groups in total. The molecule has 6 nitrogen and oxygen atoms in total. The van der Waals surface area contributed by atoms with Crippen LogP contribution in [0.15, 0.2) is 36.7 Å². The zero-order valence-corrected chi connectivity index (χ0v) is 14.1. The fourth-order valence-corrected chi connectivity index (χ4v) is 2.39. The number of nitrogens with one attached hydrogen (secondary N) is 1. The second kappa shape index (κ2) is 7.67. The Balaban J connectivity index is 1.90. The fourth-order valence-electron chi connectivity index (χ4n) is 2.39. The summed E-state index contributed by atoms with van der Waals surface area (Å²) in [4.78, 5) is 14.0. The van der Waals surface area contributed by atoms with Crippen molar-refractivity contribution in [3.8, 4) is 5.75 Å². The maximum absolute atomic E-state index is 12.3. The van der Waals surface area contributed by atoms with Crippen LogP contribution in [0, 0.1) is 0 Å². The Morgan fingerprint density at radius 2 is 2.17 bits per heavy atom. The average Bonchev–Trinajstić information content (AvgIpc) is 2.97. The molecule has 1 aromatic heterocycles. The van der Waals surface area contributed by atoms with Gasteiger partial charge in [-0.2, -0.15) is 5.10 Å². The lowest BCUT2D eigenvalue weighted by Gasteiger charge is -2.25. The van der Waals surface area contributed by atoms with Crippen molar-refractivity contribution in [1.82, 2.24) is 20.0 Å². The Morgan fingerprint density at radius 3 is 2.83 bits per heavy atom. The highest BCUT2D eigenvalue weighted by Crippen LogP contribution is 2.20. The van der Waals surface area contributed by atoms with Crippen molar-refractivity contribution in [2.24, 2.45) is 7.05 Å². The van der Waals surface area contributed by atoms with Crippen molar-refractivity contribution in [3.05, 3.63) is 47.8 Å². The lowest BCUT2D eigenvalue weighted by atomic mass is 10.1. The van der Waals surface area contributed by atoms with Gasteiger partial charge in [-0.25, -0.2) is 4.79 Å². The number of benzene rings is 1. The molecule has 0 saturated heterocycles. The standard InChI is InChI=1S/C17H24N4O2/c1-13(9-15-7-5-6-8-16(15)23-4)21(3)17(22)18-10-14-11-19-20(2)12-14/h5-8,11-13H,9-10H2,1-4H3,(H,18,22). The van der Waals surface area contributed by atoms with E-state index in [9.17, 15) is 4.79 Å². The van der Waals surface area contributed by atoms with Crippen LogP contribution in [0.25, 0.3) is 0 Å². The molecule has 2 rings (SSSR count). The summed E-state index contributed by atoms with van der Waals surface area (Å²) in [6.07, 6.45) is 4.37. The normalized spacial score (nSPS) is 11.8. The number of aryl methyl sites for hydroxylation is 1. The zero-order valence-electron chi connectivity index (χ0n) is 14.1. The first-order valence-electron chi connectivity index (χ1n) is 7.61. The molecule has 23 heavy (non-hydrogen) atoms. The van der Waals surface area contributed by atoms with E-state index in [1.165, 1.54) is 0 Å². The monoisotopic (exact) mass is 316 g/mol. The maximum Gasteiger partial charge on any atom is 0.317 e. The topological polar surface area (TPSA) is 59.4 Å². The number of nitrogens with zero attached hydrogens (tertiary/aromatic N) is 3. The number of methoxy groups -OCH3 is 1. The zero-order chi connectivity index (χ0) is 16.8. The molecule has 2 amide bonds. The molecule has 1 atom stereocenters. The summed E-state index contributed by atoms with van der Waals surface area (Å²) >= 11 is 0. The van der Waals surface area contributed by atoms with E-state index >= 15 is 0 Å². The molecule has 0 aliphatic heterocycles. The molecule has 0 radical (unpaired) electrons. The number of hydrogen-bond acceptors (Lipinski definition) is 3. The Bertz CT molecular complexity index is 654. The van der Waals surface area contributed by atoms with E-state index in [-0.39, 0.29) is 12.1 Å². The number of urea groups is 1. The number of aromatic nitrogens is 2. The van der Waals surface area contributed by atoms with E-state index in [2.05, 4.69) is 10.4 Å². The van der Waals surface area contributed by atoms with E-state index < -0.39 is 0 Å². The minimum atomic E-state index is -0.101. The molecule has 2 aromatic rings. The van der Waals surface area contributed by atoms with Gasteiger partial charge in [-0.05, 0) is 25.0 Å². The number of carbonyl (C=O) groups is 1. The van der Waals surface area contributed by atoms with Crippen LogP contribution >= 0.6 is 0 Å². The van der Waals surface area contributed by atoms with Crippen LogP contribution in [-0.4, -0.2) is 40.9 Å². The molecule has 0 aliphatic carbocycles. The summed E-state index contributed by atoms with van der Waals surface area (Å²) in [6.45, 7) is 2.49. The Kier molecular flexibility index (Phi) is 5.62. The second-order valence-corrected chi connectivity index (χ2v) is 5.66. The molecule has 0 fully saturated rings. The first kappa shape index (κ1) is 16.9. The molecular formula is C17H24N4O2. The highest BCUT2D eigenvalue weighted by Gasteiger charge is 2.17. The molecule has 1 heterocycles. The fraction of sp³-hybridized carbons (Fsp3) is 0.412. The van der Waals surface area contributed by atoms with Gasteiger partial charge in [-0.15, -0.1) is 0 Å². The van der Waals surface area contributed by atoms with E-state index in [1.807, 2.05) is 44.4 Å². The average molecular weight is 316 g/mol. The highest BCUT2D eigenvalue weighted by molar-refractivity contribution is 5.74. The van der Waals surface area contributed by atoms with E-state index in [4.69, 9.17) is 4.74 Å². The molecule has 0 saturated carbocycles. The number of ether oxygens (including phenoxy) is 1. The van der Waals surface area contributed by atoms with Gasteiger partial charge in [-0.3, -0.25) is 4.68 Å². The molecular weight excluding hydrogens is 292 g/mol. The molecule has 1 unspecified atom stereocenters. The predicted octanol–water partition coefficient (Wildman–Crippen LogP) is 2.20. The summed E-state index contributed by atoms with van der Waals surface area (Å²) in [5.41, 5.74) is 2.07. The third-order valence-electron chi connectivity index (χ3n) is 3.89. The van der Waals surface area contributed by atoms with Crippen LogP contribution < -0.4 is 10.1 Å². The Labute approximate surface area is 137 Å². The Hall–Kier alpha value is -2.50. The van der Waals surface area contributed by atoms with Crippen LogP contribution in [0.5, 0.6) is 5.75 Å². The Morgan fingerprint density at radius 1 is 1.43 bits per heavy atom. The van der Waals surface area contributed by atoms with Crippen molar-refractivity contribution in [2.75, 3.05) is 14.2 Å². The molecule has 0 bridgehead atoms. The molecule has 6 heteroatoms. The number of hydrogen-bond donors (Lipinski definition) is 1. The summed E-state index contributed by atoms with van der Waals surface area (Å²) in [5.74, 6) is 0.850. The number of carbonyl (C=O) groups excluding carboxylic acids is 1. The van der Waals surface area contributed by atoms with Gasteiger partial charge in [0.05, 0.1) is 13.3 Å².